The van der Waals surface area contributed by atoms with Crippen molar-refractivity contribution in [2.45, 2.75) is 26.1 Å². The van der Waals surface area contributed by atoms with Gasteiger partial charge in [0.05, 0.1) is 23.1 Å². The Labute approximate surface area is 258 Å². The number of carbonyl (C=O) groups excluding carboxylic acids is 4. The van der Waals surface area contributed by atoms with E-state index in [9.17, 15) is 29.4 Å². The fraction of sp³-hybridized carbons (Fsp3) is 0.200. The zero-order valence-electron chi connectivity index (χ0n) is 17.0. The van der Waals surface area contributed by atoms with E-state index in [2.05, 4.69) is 0 Å². The van der Waals surface area contributed by atoms with Crippen molar-refractivity contribution < 1.29 is 142 Å². The Morgan fingerprint density at radius 1 is 0.633 bits per heavy atom. The minimum absolute atomic E-state index is 0. The van der Waals surface area contributed by atoms with Gasteiger partial charge in [0.1, 0.15) is 0 Å². The van der Waals surface area contributed by atoms with E-state index in [4.69, 9.17) is 9.47 Å². The molecule has 0 bridgehead atoms. The number of rotatable bonds is 7. The molecule has 0 aliphatic rings. The first-order valence-electron chi connectivity index (χ1n) is 8.16. The fourth-order valence-electron chi connectivity index (χ4n) is 2.21. The number of hydrogen-bond acceptors (Lipinski definition) is 8. The summed E-state index contributed by atoms with van der Waals surface area (Å²) in [5.74, 6) is -6.34. The van der Waals surface area contributed by atoms with Crippen molar-refractivity contribution in [2.24, 2.45) is 0 Å². The minimum atomic E-state index is -2.40. The van der Waals surface area contributed by atoms with Crippen molar-refractivity contribution in [3.05, 3.63) is 70.8 Å². The maximum atomic E-state index is 12.1. The predicted molar refractivity (Wildman–Crippen MR) is 90.8 cm³/mol. The molecule has 0 saturated carbocycles. The summed E-state index contributed by atoms with van der Waals surface area (Å²) in [6.07, 6.45) is -4.79. The molecule has 2 aromatic carbocycles. The summed E-state index contributed by atoms with van der Waals surface area (Å²) in [5.41, 5.74) is 1.65. The van der Waals surface area contributed by atoms with Gasteiger partial charge in [-0.05, 0) is 38.1 Å². The Morgan fingerprint density at radius 3 is 1.13 bits per heavy atom. The van der Waals surface area contributed by atoms with E-state index in [0.29, 0.717) is 0 Å². The molecule has 0 heterocycles. The van der Waals surface area contributed by atoms with Crippen LogP contribution in [-0.2, 0) is 19.1 Å². The third-order valence-corrected chi connectivity index (χ3v) is 3.78. The Bertz CT molecular complexity index is 819. The summed E-state index contributed by atoms with van der Waals surface area (Å²) in [5, 5.41) is 22.7. The SMILES string of the molecule is Cc1ccc(C(=O)O[C@H](C(=O)[O-])[C@H](OC(=O)c2ccc(C)cc2)C(=O)[O-])cc1.[K+].[K+]. The smallest absolute Gasteiger partial charge is 0.546 e. The fourth-order valence-corrected chi connectivity index (χ4v) is 2.21. The number of hydrogen-bond donors (Lipinski definition) is 0. The van der Waals surface area contributed by atoms with Crippen LogP contribution in [0.2, 0.25) is 0 Å². The van der Waals surface area contributed by atoms with Gasteiger partial charge in [0, 0.05) is 0 Å². The molecule has 0 radical (unpaired) electrons. The Balaban J connectivity index is 0.00000420. The van der Waals surface area contributed by atoms with Crippen LogP contribution >= 0.6 is 0 Å². The second-order valence-corrected chi connectivity index (χ2v) is 6.02. The van der Waals surface area contributed by atoms with Crippen LogP contribution in [0.5, 0.6) is 0 Å². The van der Waals surface area contributed by atoms with Crippen LogP contribution in [-0.4, -0.2) is 36.1 Å². The van der Waals surface area contributed by atoms with Crippen molar-refractivity contribution in [1.82, 2.24) is 0 Å². The van der Waals surface area contributed by atoms with Gasteiger partial charge in [0.15, 0.2) is 12.2 Å². The average Bonchev–Trinajstić information content (AvgIpc) is 2.64. The molecule has 0 amide bonds. The summed E-state index contributed by atoms with van der Waals surface area (Å²) in [6, 6.07) is 11.8. The molecule has 30 heavy (non-hydrogen) atoms. The number of carboxylic acids is 2. The van der Waals surface area contributed by atoms with Crippen LogP contribution in [0.25, 0.3) is 0 Å². The van der Waals surface area contributed by atoms with Gasteiger partial charge in [0.2, 0.25) is 0 Å². The maximum absolute atomic E-state index is 12.1. The summed E-state index contributed by atoms with van der Waals surface area (Å²) in [7, 11) is 0. The predicted octanol–water partition coefficient (Wildman–Crippen LogP) is -6.44. The molecule has 0 aromatic heterocycles. The molecule has 8 nitrogen and oxygen atoms in total. The molecule has 0 unspecified atom stereocenters. The minimum Gasteiger partial charge on any atom is -0.546 e. The molecule has 0 aliphatic heterocycles. The van der Waals surface area contributed by atoms with E-state index >= 15 is 0 Å². The van der Waals surface area contributed by atoms with Crippen LogP contribution in [0.15, 0.2) is 48.5 Å². The number of carboxylic acid groups (broad SMARTS) is 2. The van der Waals surface area contributed by atoms with E-state index in [1.54, 1.807) is 38.1 Å². The molecule has 0 aliphatic carbocycles. The number of aliphatic carboxylic acids is 2. The van der Waals surface area contributed by atoms with Crippen molar-refractivity contribution >= 4 is 23.9 Å². The van der Waals surface area contributed by atoms with E-state index in [0.717, 1.165) is 11.1 Å². The summed E-state index contributed by atoms with van der Waals surface area (Å²) < 4.78 is 9.44. The summed E-state index contributed by atoms with van der Waals surface area (Å²) >= 11 is 0. The van der Waals surface area contributed by atoms with Gasteiger partial charge in [-0.15, -0.1) is 0 Å². The molecule has 2 aromatic rings. The van der Waals surface area contributed by atoms with Crippen molar-refractivity contribution in [3.63, 3.8) is 0 Å². The van der Waals surface area contributed by atoms with Crippen molar-refractivity contribution in [1.29, 1.82) is 0 Å². The molecular formula is C20H16K2O8. The summed E-state index contributed by atoms with van der Waals surface area (Å²) in [6.45, 7) is 3.55. The topological polar surface area (TPSA) is 133 Å². The molecular weight excluding hydrogens is 446 g/mol. The van der Waals surface area contributed by atoms with Gasteiger partial charge < -0.3 is 29.3 Å². The van der Waals surface area contributed by atoms with E-state index in [-0.39, 0.29) is 114 Å². The van der Waals surface area contributed by atoms with Gasteiger partial charge in [-0.2, -0.15) is 0 Å². The van der Waals surface area contributed by atoms with Crippen LogP contribution < -0.4 is 113 Å². The normalized spacial score (nSPS) is 11.7. The summed E-state index contributed by atoms with van der Waals surface area (Å²) in [4.78, 5) is 47.0. The largest absolute Gasteiger partial charge is 1.00 e. The monoisotopic (exact) mass is 462 g/mol. The quantitative estimate of drug-likeness (QED) is 0.293. The van der Waals surface area contributed by atoms with Gasteiger partial charge in [-0.1, -0.05) is 35.4 Å². The third kappa shape index (κ3) is 8.61. The van der Waals surface area contributed by atoms with E-state index < -0.39 is 36.1 Å². The standard InChI is InChI=1S/C20H18O8.2K/c1-11-3-7-13(8-4-11)19(25)27-15(17(21)22)16(18(23)24)28-20(26)14-9-5-12(2)6-10-14;;/h3-10,15-16H,1-2H3,(H,21,22)(H,23,24);;/q;2*+1/p-2/t15-,16-;;/m0../s1. The first-order chi connectivity index (χ1) is 13.2. The zero-order chi connectivity index (χ0) is 20.8. The number of ether oxygens (including phenoxy) is 2. The molecule has 2 rings (SSSR count). The van der Waals surface area contributed by atoms with Crippen LogP contribution in [0.1, 0.15) is 31.8 Å². The molecule has 146 valence electrons. The van der Waals surface area contributed by atoms with E-state index in [1.807, 2.05) is 0 Å². The second-order valence-electron chi connectivity index (χ2n) is 6.02. The number of aryl methyl sites for hydroxylation is 2. The van der Waals surface area contributed by atoms with Gasteiger partial charge in [-0.3, -0.25) is 0 Å². The first kappa shape index (κ1) is 29.6. The van der Waals surface area contributed by atoms with Gasteiger partial charge >= 0.3 is 115 Å². The van der Waals surface area contributed by atoms with Crippen molar-refractivity contribution in [2.75, 3.05) is 0 Å². The van der Waals surface area contributed by atoms with Gasteiger partial charge in [0.25, 0.3) is 0 Å². The van der Waals surface area contributed by atoms with Crippen molar-refractivity contribution in [3.8, 4) is 0 Å². The average molecular weight is 463 g/mol. The molecule has 2 atom stereocenters. The number of benzene rings is 2. The first-order valence-corrected chi connectivity index (χ1v) is 8.16. The molecule has 0 N–H and O–H groups in total. The zero-order valence-corrected chi connectivity index (χ0v) is 23.3. The Kier molecular flexibility index (Phi) is 13.7. The number of esters is 2. The Morgan fingerprint density at radius 2 is 0.900 bits per heavy atom. The number of carbonyl (C=O) groups is 4. The molecule has 0 fully saturated rings. The molecule has 0 saturated heterocycles. The third-order valence-electron chi connectivity index (χ3n) is 3.78. The van der Waals surface area contributed by atoms with E-state index in [1.165, 1.54) is 24.3 Å². The second kappa shape index (κ2) is 13.9. The van der Waals surface area contributed by atoms with Crippen LogP contribution in [0.4, 0.5) is 0 Å². The molecule has 0 spiro atoms. The Hall–Kier alpha value is -0.407. The van der Waals surface area contributed by atoms with Crippen LogP contribution in [0.3, 0.4) is 0 Å². The van der Waals surface area contributed by atoms with Gasteiger partial charge in [-0.25, -0.2) is 9.59 Å². The van der Waals surface area contributed by atoms with Crippen LogP contribution in [0, 0.1) is 13.8 Å². The maximum Gasteiger partial charge on any atom is 1.00 e. The molecule has 10 heteroatoms.